The molecule has 3 atom stereocenters. The Kier molecular flexibility index (Phi) is 3.75. The van der Waals surface area contributed by atoms with Gasteiger partial charge in [-0.3, -0.25) is 19.3 Å². The second-order valence-corrected chi connectivity index (χ2v) is 7.39. The van der Waals surface area contributed by atoms with Crippen molar-refractivity contribution < 1.29 is 19.5 Å². The first-order chi connectivity index (χ1) is 12.4. The van der Waals surface area contributed by atoms with Crippen LogP contribution in [-0.2, 0) is 15.1 Å². The van der Waals surface area contributed by atoms with Crippen LogP contribution in [0.5, 0.6) is 0 Å². The zero-order valence-electron chi connectivity index (χ0n) is 13.8. The van der Waals surface area contributed by atoms with Crippen LogP contribution in [0, 0.1) is 5.92 Å². The van der Waals surface area contributed by atoms with Crippen LogP contribution in [-0.4, -0.2) is 40.8 Å². The third-order valence-corrected chi connectivity index (χ3v) is 5.60. The molecule has 0 saturated carbocycles. The number of halogens is 1. The van der Waals surface area contributed by atoms with E-state index in [2.05, 4.69) is 21.2 Å². The molecular formula is C19H15BrN2O4. The highest BCUT2D eigenvalue weighted by Gasteiger charge is 2.62. The number of hydrogen-bond acceptors (Lipinski definition) is 5. The van der Waals surface area contributed by atoms with Gasteiger partial charge in [-0.1, -0.05) is 40.2 Å². The van der Waals surface area contributed by atoms with Crippen LogP contribution in [0.1, 0.15) is 15.9 Å². The number of nitrogens with zero attached hydrogens (tertiary/aromatic N) is 1. The fourth-order valence-corrected chi connectivity index (χ4v) is 4.22. The Labute approximate surface area is 157 Å². The first-order valence-electron chi connectivity index (χ1n) is 8.05. The van der Waals surface area contributed by atoms with Gasteiger partial charge in [-0.25, -0.2) is 0 Å². The Morgan fingerprint density at radius 2 is 1.81 bits per heavy atom. The zero-order chi connectivity index (χ0) is 18.6. The maximum Gasteiger partial charge on any atom is 0.258 e. The van der Waals surface area contributed by atoms with Gasteiger partial charge in [-0.2, -0.15) is 0 Å². The topological polar surface area (TPSA) is 86.7 Å². The van der Waals surface area contributed by atoms with Gasteiger partial charge in [0.05, 0.1) is 0 Å². The molecule has 0 bridgehead atoms. The smallest absolute Gasteiger partial charge is 0.258 e. The van der Waals surface area contributed by atoms with Crippen LogP contribution in [0.25, 0.3) is 0 Å². The Hall–Kier alpha value is -2.51. The van der Waals surface area contributed by atoms with Crippen molar-refractivity contribution in [2.75, 3.05) is 12.4 Å². The number of imide groups is 1. The lowest BCUT2D eigenvalue weighted by Crippen LogP contribution is -2.52. The van der Waals surface area contributed by atoms with E-state index in [9.17, 15) is 19.5 Å². The number of Topliss-reactive ketones (excluding diaryl/α,β-unsaturated/α-hetero) is 1. The van der Waals surface area contributed by atoms with Crippen LogP contribution in [0.4, 0.5) is 5.69 Å². The van der Waals surface area contributed by atoms with Gasteiger partial charge in [0.15, 0.2) is 5.78 Å². The molecule has 1 saturated heterocycles. The molecule has 0 radical (unpaired) electrons. The van der Waals surface area contributed by atoms with E-state index < -0.39 is 29.4 Å². The summed E-state index contributed by atoms with van der Waals surface area (Å²) in [6.07, 6.45) is -1.60. The number of benzene rings is 2. The molecule has 2 amide bonds. The minimum atomic E-state index is -1.60. The highest BCUT2D eigenvalue weighted by atomic mass is 79.9. The van der Waals surface area contributed by atoms with Gasteiger partial charge in [-0.15, -0.1) is 0 Å². The number of carbonyl (C=O) groups excluding carboxylic acids is 3. The molecule has 2 aliphatic heterocycles. The third-order valence-electron chi connectivity index (χ3n) is 5.10. The van der Waals surface area contributed by atoms with E-state index in [0.717, 1.165) is 9.37 Å². The molecule has 3 unspecified atom stereocenters. The van der Waals surface area contributed by atoms with Crippen LogP contribution >= 0.6 is 15.9 Å². The van der Waals surface area contributed by atoms with E-state index >= 15 is 0 Å². The first kappa shape index (κ1) is 16.9. The highest BCUT2D eigenvalue weighted by Crippen LogP contribution is 2.48. The molecule has 2 N–H and O–H groups in total. The summed E-state index contributed by atoms with van der Waals surface area (Å²) in [5, 5.41) is 13.7. The van der Waals surface area contributed by atoms with E-state index in [-0.39, 0.29) is 5.78 Å². The maximum absolute atomic E-state index is 13.5. The van der Waals surface area contributed by atoms with Gasteiger partial charge in [-0.05, 0) is 29.8 Å². The average Bonchev–Trinajstić information content (AvgIpc) is 3.03. The zero-order valence-corrected chi connectivity index (χ0v) is 15.4. The molecule has 2 aromatic rings. The molecule has 26 heavy (non-hydrogen) atoms. The number of anilines is 1. The van der Waals surface area contributed by atoms with Crippen molar-refractivity contribution in [1.82, 2.24) is 4.90 Å². The predicted molar refractivity (Wildman–Crippen MR) is 97.5 cm³/mol. The summed E-state index contributed by atoms with van der Waals surface area (Å²) in [5.74, 6) is -2.89. The van der Waals surface area contributed by atoms with Crippen LogP contribution in [0.3, 0.4) is 0 Å². The Bertz CT molecular complexity index is 960. The van der Waals surface area contributed by atoms with E-state index in [1.54, 1.807) is 48.5 Å². The minimum Gasteiger partial charge on any atom is -0.382 e. The number of likely N-dealkylation sites (N-methyl/N-ethyl adjacent to an activating group) is 1. The van der Waals surface area contributed by atoms with Crippen LogP contribution < -0.4 is 5.32 Å². The number of amides is 2. The SMILES string of the molecule is CN1C(=O)C(O)C(C2(c3cccc(Br)c3)Nc3ccccc3C2=O)C1=O. The van der Waals surface area contributed by atoms with Gasteiger partial charge < -0.3 is 10.4 Å². The number of aliphatic hydroxyl groups is 1. The number of likely N-dealkylation sites (tertiary alicyclic amines) is 1. The molecule has 6 nitrogen and oxygen atoms in total. The lowest BCUT2D eigenvalue weighted by molar-refractivity contribution is -0.139. The number of aliphatic hydroxyl groups excluding tert-OH is 1. The van der Waals surface area contributed by atoms with Crippen molar-refractivity contribution in [3.8, 4) is 0 Å². The van der Waals surface area contributed by atoms with Gasteiger partial charge in [0.2, 0.25) is 5.91 Å². The molecule has 4 rings (SSSR count). The number of hydrogen-bond donors (Lipinski definition) is 2. The van der Waals surface area contributed by atoms with Gasteiger partial charge in [0.25, 0.3) is 5.91 Å². The van der Waals surface area contributed by atoms with Gasteiger partial charge in [0, 0.05) is 22.8 Å². The van der Waals surface area contributed by atoms with E-state index in [1.165, 1.54) is 7.05 Å². The largest absolute Gasteiger partial charge is 0.382 e. The number of fused-ring (bicyclic) bond motifs is 1. The molecule has 0 aromatic heterocycles. The Morgan fingerprint density at radius 1 is 1.08 bits per heavy atom. The summed E-state index contributed by atoms with van der Waals surface area (Å²) in [6, 6.07) is 13.9. The number of para-hydroxylation sites is 1. The molecule has 0 spiro atoms. The average molecular weight is 415 g/mol. The Morgan fingerprint density at radius 3 is 2.42 bits per heavy atom. The number of rotatable bonds is 2. The maximum atomic E-state index is 13.5. The standard InChI is InChI=1S/C19H15BrN2O4/c1-22-17(25)14(15(23)18(22)26)19(10-5-4-6-11(20)9-10)16(24)12-7-2-3-8-13(12)21-19/h2-9,14-15,21,23H,1H3. The monoisotopic (exact) mass is 414 g/mol. The minimum absolute atomic E-state index is 0.341. The molecule has 132 valence electrons. The van der Waals surface area contributed by atoms with Crippen molar-refractivity contribution >= 4 is 39.2 Å². The van der Waals surface area contributed by atoms with Gasteiger partial charge >= 0.3 is 0 Å². The molecule has 1 fully saturated rings. The third kappa shape index (κ3) is 2.10. The van der Waals surface area contributed by atoms with Crippen molar-refractivity contribution in [1.29, 1.82) is 0 Å². The van der Waals surface area contributed by atoms with Gasteiger partial charge in [0.1, 0.15) is 17.6 Å². The molecule has 2 aromatic carbocycles. The fraction of sp³-hybridized carbons (Fsp3) is 0.211. The predicted octanol–water partition coefficient (Wildman–Crippen LogP) is 1.93. The Balaban J connectivity index is 1.98. The normalized spacial score (nSPS) is 27.7. The number of ketones is 1. The summed E-state index contributed by atoms with van der Waals surface area (Å²) < 4.78 is 0.722. The molecule has 2 heterocycles. The van der Waals surface area contributed by atoms with E-state index in [1.807, 2.05) is 0 Å². The second-order valence-electron chi connectivity index (χ2n) is 6.48. The molecular weight excluding hydrogens is 400 g/mol. The lowest BCUT2D eigenvalue weighted by Gasteiger charge is -2.34. The van der Waals surface area contributed by atoms with E-state index in [4.69, 9.17) is 0 Å². The van der Waals surface area contributed by atoms with Crippen molar-refractivity contribution in [2.24, 2.45) is 5.92 Å². The number of nitrogens with one attached hydrogen (secondary N) is 1. The highest BCUT2D eigenvalue weighted by molar-refractivity contribution is 9.10. The second kappa shape index (κ2) is 5.75. The summed E-state index contributed by atoms with van der Waals surface area (Å²) in [4.78, 5) is 39.4. The molecule has 2 aliphatic rings. The summed E-state index contributed by atoms with van der Waals surface area (Å²) in [6.45, 7) is 0. The fourth-order valence-electron chi connectivity index (χ4n) is 3.82. The van der Waals surface area contributed by atoms with Crippen LogP contribution in [0.15, 0.2) is 53.0 Å². The van der Waals surface area contributed by atoms with Crippen molar-refractivity contribution in [2.45, 2.75) is 11.6 Å². The van der Waals surface area contributed by atoms with Crippen LogP contribution in [0.2, 0.25) is 0 Å². The summed E-state index contributed by atoms with van der Waals surface area (Å²) in [5.41, 5.74) is -0.0489. The van der Waals surface area contributed by atoms with Crippen molar-refractivity contribution in [3.05, 3.63) is 64.1 Å². The summed E-state index contributed by atoms with van der Waals surface area (Å²) >= 11 is 3.39. The summed E-state index contributed by atoms with van der Waals surface area (Å²) in [7, 11) is 1.31. The van der Waals surface area contributed by atoms with E-state index in [0.29, 0.717) is 16.8 Å². The molecule has 0 aliphatic carbocycles. The first-order valence-corrected chi connectivity index (χ1v) is 8.85. The van der Waals surface area contributed by atoms with Crippen molar-refractivity contribution in [3.63, 3.8) is 0 Å². The quantitative estimate of drug-likeness (QED) is 0.733. The lowest BCUT2D eigenvalue weighted by atomic mass is 9.73. The number of carbonyl (C=O) groups is 3. The molecule has 7 heteroatoms.